The third-order valence-corrected chi connectivity index (χ3v) is 3.66. The largest absolute Gasteiger partial charge is 0.464 e. The van der Waals surface area contributed by atoms with Gasteiger partial charge in [-0.15, -0.1) is 0 Å². The molecule has 1 saturated heterocycles. The second kappa shape index (κ2) is 7.38. The summed E-state index contributed by atoms with van der Waals surface area (Å²) >= 11 is 0. The molecule has 1 unspecified atom stereocenters. The number of hydrogen-bond donors (Lipinski definition) is 0. The SMILES string of the molecule is COC(=O)c1ccc(N2CCN(C(=O)OC(C)(C)C)CC2C#N)cn1. The molecule has 0 N–H and O–H groups in total. The van der Waals surface area contributed by atoms with Crippen LogP contribution in [-0.4, -0.2) is 60.3 Å². The topological polar surface area (TPSA) is 95.8 Å². The highest BCUT2D eigenvalue weighted by molar-refractivity contribution is 5.87. The normalized spacial score (nSPS) is 17.6. The van der Waals surface area contributed by atoms with E-state index in [0.717, 1.165) is 0 Å². The van der Waals surface area contributed by atoms with Crippen molar-refractivity contribution >= 4 is 17.7 Å². The van der Waals surface area contributed by atoms with Gasteiger partial charge in [0.25, 0.3) is 0 Å². The van der Waals surface area contributed by atoms with Gasteiger partial charge in [0.2, 0.25) is 0 Å². The molecule has 1 atom stereocenters. The quantitative estimate of drug-likeness (QED) is 0.754. The summed E-state index contributed by atoms with van der Waals surface area (Å²) in [7, 11) is 1.29. The summed E-state index contributed by atoms with van der Waals surface area (Å²) in [4.78, 5) is 31.1. The van der Waals surface area contributed by atoms with E-state index >= 15 is 0 Å². The van der Waals surface area contributed by atoms with Crippen molar-refractivity contribution in [3.63, 3.8) is 0 Å². The van der Waals surface area contributed by atoms with Gasteiger partial charge in [-0.1, -0.05) is 0 Å². The van der Waals surface area contributed by atoms with Gasteiger partial charge in [-0.2, -0.15) is 5.26 Å². The van der Waals surface area contributed by atoms with Gasteiger partial charge in [0, 0.05) is 13.1 Å². The first kappa shape index (κ1) is 18.5. The molecular weight excluding hydrogens is 324 g/mol. The van der Waals surface area contributed by atoms with Crippen LogP contribution < -0.4 is 4.90 Å². The van der Waals surface area contributed by atoms with Crippen molar-refractivity contribution in [3.05, 3.63) is 24.0 Å². The summed E-state index contributed by atoms with van der Waals surface area (Å²) in [5.74, 6) is -0.516. The molecular formula is C17H22N4O4. The molecule has 1 aromatic rings. The maximum atomic E-state index is 12.2. The Hall–Kier alpha value is -2.82. The van der Waals surface area contributed by atoms with Crippen LogP contribution in [-0.2, 0) is 9.47 Å². The molecule has 1 aliphatic heterocycles. The third kappa shape index (κ3) is 4.59. The lowest BCUT2D eigenvalue weighted by atomic mass is 10.1. The number of piperazine rings is 1. The monoisotopic (exact) mass is 346 g/mol. The number of nitriles is 1. The van der Waals surface area contributed by atoms with Crippen LogP contribution in [0, 0.1) is 11.3 Å². The number of methoxy groups -OCH3 is 1. The fourth-order valence-corrected chi connectivity index (χ4v) is 2.48. The van der Waals surface area contributed by atoms with Gasteiger partial charge >= 0.3 is 12.1 Å². The van der Waals surface area contributed by atoms with Gasteiger partial charge in [0.15, 0.2) is 0 Å². The molecule has 8 nitrogen and oxygen atoms in total. The number of amides is 1. The number of hydrogen-bond acceptors (Lipinski definition) is 7. The lowest BCUT2D eigenvalue weighted by Crippen LogP contribution is -2.55. The molecule has 0 aromatic carbocycles. The average molecular weight is 346 g/mol. The zero-order chi connectivity index (χ0) is 18.6. The van der Waals surface area contributed by atoms with E-state index in [0.29, 0.717) is 18.8 Å². The van der Waals surface area contributed by atoms with Crippen LogP contribution in [0.1, 0.15) is 31.3 Å². The lowest BCUT2D eigenvalue weighted by Gasteiger charge is -2.39. The number of anilines is 1. The maximum absolute atomic E-state index is 12.2. The molecule has 0 radical (unpaired) electrons. The van der Waals surface area contributed by atoms with Crippen molar-refractivity contribution in [1.82, 2.24) is 9.88 Å². The van der Waals surface area contributed by atoms with Gasteiger partial charge in [-0.3, -0.25) is 0 Å². The Labute approximate surface area is 146 Å². The smallest absolute Gasteiger partial charge is 0.410 e. The van der Waals surface area contributed by atoms with E-state index in [2.05, 4.69) is 15.8 Å². The van der Waals surface area contributed by atoms with Crippen molar-refractivity contribution in [2.45, 2.75) is 32.4 Å². The van der Waals surface area contributed by atoms with Gasteiger partial charge in [0.05, 0.1) is 31.6 Å². The number of pyridine rings is 1. The predicted octanol–water partition coefficient (Wildman–Crippen LogP) is 1.82. The van der Waals surface area contributed by atoms with E-state index < -0.39 is 23.7 Å². The molecule has 0 bridgehead atoms. The van der Waals surface area contributed by atoms with Crippen LogP contribution in [0.5, 0.6) is 0 Å². The van der Waals surface area contributed by atoms with E-state index in [9.17, 15) is 14.9 Å². The third-order valence-electron chi connectivity index (χ3n) is 3.66. The Morgan fingerprint density at radius 1 is 1.32 bits per heavy atom. The highest BCUT2D eigenvalue weighted by Gasteiger charge is 2.32. The van der Waals surface area contributed by atoms with Crippen LogP contribution in [0.15, 0.2) is 18.3 Å². The summed E-state index contributed by atoms with van der Waals surface area (Å²) in [6.45, 7) is 6.55. The number of rotatable bonds is 2. The van der Waals surface area contributed by atoms with E-state index in [1.807, 2.05) is 4.90 Å². The predicted molar refractivity (Wildman–Crippen MR) is 90.1 cm³/mol. The molecule has 2 heterocycles. The Balaban J connectivity index is 2.08. The number of carbonyl (C=O) groups is 2. The average Bonchev–Trinajstić information content (AvgIpc) is 2.59. The van der Waals surface area contributed by atoms with Crippen molar-refractivity contribution in [1.29, 1.82) is 5.26 Å². The summed E-state index contributed by atoms with van der Waals surface area (Å²) in [6, 6.07) is 4.95. The van der Waals surface area contributed by atoms with E-state index in [1.165, 1.54) is 18.2 Å². The van der Waals surface area contributed by atoms with Crippen LogP contribution >= 0.6 is 0 Å². The van der Waals surface area contributed by atoms with Crippen LogP contribution in [0.25, 0.3) is 0 Å². The zero-order valence-corrected chi connectivity index (χ0v) is 14.9. The van der Waals surface area contributed by atoms with Crippen molar-refractivity contribution in [2.24, 2.45) is 0 Å². The Kier molecular flexibility index (Phi) is 5.47. The minimum absolute atomic E-state index is 0.201. The van der Waals surface area contributed by atoms with Crippen molar-refractivity contribution in [2.75, 3.05) is 31.6 Å². The standard InChI is InChI=1S/C17H22N4O4/c1-17(2,3)25-16(23)20-7-8-21(13(9-18)11-20)12-5-6-14(19-10-12)15(22)24-4/h5-6,10,13H,7-8,11H2,1-4H3. The Bertz CT molecular complexity index is 675. The molecule has 2 rings (SSSR count). The number of carbonyl (C=O) groups excluding carboxylic acids is 2. The van der Waals surface area contributed by atoms with Gasteiger partial charge in [0.1, 0.15) is 17.3 Å². The first-order valence-electron chi connectivity index (χ1n) is 7.93. The second-order valence-corrected chi connectivity index (χ2v) is 6.66. The van der Waals surface area contributed by atoms with Crippen LogP contribution in [0.4, 0.5) is 10.5 Å². The highest BCUT2D eigenvalue weighted by atomic mass is 16.6. The molecule has 1 aromatic heterocycles. The Morgan fingerprint density at radius 3 is 2.56 bits per heavy atom. The fraction of sp³-hybridized carbons (Fsp3) is 0.529. The minimum Gasteiger partial charge on any atom is -0.464 e. The number of ether oxygens (including phenoxy) is 2. The molecule has 0 saturated carbocycles. The molecule has 1 amide bonds. The lowest BCUT2D eigenvalue weighted by molar-refractivity contribution is 0.0226. The summed E-state index contributed by atoms with van der Waals surface area (Å²) in [6.07, 6.45) is 1.10. The number of esters is 1. The summed E-state index contributed by atoms with van der Waals surface area (Å²) in [5.41, 5.74) is 0.333. The zero-order valence-electron chi connectivity index (χ0n) is 14.9. The minimum atomic E-state index is -0.579. The molecule has 8 heteroatoms. The molecule has 0 spiro atoms. The van der Waals surface area contributed by atoms with Gasteiger partial charge in [-0.05, 0) is 32.9 Å². The summed E-state index contributed by atoms with van der Waals surface area (Å²) in [5, 5.41) is 9.47. The van der Waals surface area contributed by atoms with Crippen LogP contribution in [0.2, 0.25) is 0 Å². The van der Waals surface area contributed by atoms with E-state index in [-0.39, 0.29) is 12.2 Å². The Morgan fingerprint density at radius 2 is 2.04 bits per heavy atom. The molecule has 25 heavy (non-hydrogen) atoms. The number of nitrogens with zero attached hydrogens (tertiary/aromatic N) is 4. The number of aromatic nitrogens is 1. The highest BCUT2D eigenvalue weighted by Crippen LogP contribution is 2.21. The second-order valence-electron chi connectivity index (χ2n) is 6.66. The van der Waals surface area contributed by atoms with Crippen molar-refractivity contribution in [3.8, 4) is 6.07 Å². The molecule has 134 valence electrons. The molecule has 0 aliphatic carbocycles. The maximum Gasteiger partial charge on any atom is 0.410 e. The first-order valence-corrected chi connectivity index (χ1v) is 7.93. The first-order chi connectivity index (χ1) is 11.7. The molecule has 1 aliphatic rings. The van der Waals surface area contributed by atoms with E-state index in [1.54, 1.807) is 32.9 Å². The van der Waals surface area contributed by atoms with Gasteiger partial charge in [-0.25, -0.2) is 14.6 Å². The fourth-order valence-electron chi connectivity index (χ4n) is 2.48. The van der Waals surface area contributed by atoms with Crippen LogP contribution in [0.3, 0.4) is 0 Å². The van der Waals surface area contributed by atoms with E-state index in [4.69, 9.17) is 4.74 Å². The summed E-state index contributed by atoms with van der Waals surface area (Å²) < 4.78 is 9.98. The van der Waals surface area contributed by atoms with Crippen molar-refractivity contribution < 1.29 is 19.1 Å². The van der Waals surface area contributed by atoms with Gasteiger partial charge < -0.3 is 19.3 Å². The molecule has 1 fully saturated rings.